The van der Waals surface area contributed by atoms with Gasteiger partial charge in [-0.3, -0.25) is 0 Å². The van der Waals surface area contributed by atoms with Gasteiger partial charge in [-0.1, -0.05) is 13.8 Å². The Morgan fingerprint density at radius 3 is 2.50 bits per heavy atom. The molecule has 1 fully saturated rings. The summed E-state index contributed by atoms with van der Waals surface area (Å²) in [6.45, 7) is 5.25. The van der Waals surface area contributed by atoms with Crippen LogP contribution < -0.4 is 4.74 Å². The van der Waals surface area contributed by atoms with E-state index in [2.05, 4.69) is 13.8 Å². The predicted octanol–water partition coefficient (Wildman–Crippen LogP) is 1.48. The first-order valence-electron chi connectivity index (χ1n) is 6.80. The maximum absolute atomic E-state index is 12.3. The molecule has 0 unspecified atom stereocenters. The molecule has 0 radical (unpaired) electrons. The van der Waals surface area contributed by atoms with Gasteiger partial charge in [-0.2, -0.15) is 4.31 Å². The van der Waals surface area contributed by atoms with Crippen molar-refractivity contribution < 1.29 is 18.3 Å². The standard InChI is InChI=1S/C14H21NO4S/c1-11(2)10-19-13-3-5-14(6-4-13)20(17,18)15-8-7-12(16)9-15/h3-6,11-12,16H,7-10H2,1-2H3/t12-/m1/s1. The van der Waals surface area contributed by atoms with Crippen LogP contribution in [-0.2, 0) is 10.0 Å². The van der Waals surface area contributed by atoms with E-state index in [9.17, 15) is 13.5 Å². The average Bonchev–Trinajstić information content (AvgIpc) is 2.84. The Hall–Kier alpha value is -1.11. The molecule has 0 aromatic heterocycles. The summed E-state index contributed by atoms with van der Waals surface area (Å²) in [4.78, 5) is 0.239. The smallest absolute Gasteiger partial charge is 0.243 e. The lowest BCUT2D eigenvalue weighted by Crippen LogP contribution is -2.29. The van der Waals surface area contributed by atoms with E-state index < -0.39 is 16.1 Å². The van der Waals surface area contributed by atoms with Crippen LogP contribution in [0, 0.1) is 5.92 Å². The lowest BCUT2D eigenvalue weighted by molar-refractivity contribution is 0.189. The van der Waals surface area contributed by atoms with Gasteiger partial charge in [-0.15, -0.1) is 0 Å². The zero-order chi connectivity index (χ0) is 14.8. The van der Waals surface area contributed by atoms with Gasteiger partial charge in [-0.05, 0) is 36.6 Å². The molecule has 0 spiro atoms. The summed E-state index contributed by atoms with van der Waals surface area (Å²) in [5, 5.41) is 9.45. The van der Waals surface area contributed by atoms with Crippen LogP contribution in [-0.4, -0.2) is 43.6 Å². The quantitative estimate of drug-likeness (QED) is 0.894. The van der Waals surface area contributed by atoms with Gasteiger partial charge in [0.15, 0.2) is 0 Å². The highest BCUT2D eigenvalue weighted by Crippen LogP contribution is 2.23. The van der Waals surface area contributed by atoms with Crippen LogP contribution in [0.15, 0.2) is 29.2 Å². The third kappa shape index (κ3) is 3.50. The Kier molecular flexibility index (Phi) is 4.67. The average molecular weight is 299 g/mol. The summed E-state index contributed by atoms with van der Waals surface area (Å²) in [6, 6.07) is 6.44. The van der Waals surface area contributed by atoms with Crippen LogP contribution >= 0.6 is 0 Å². The van der Waals surface area contributed by atoms with E-state index in [0.717, 1.165) is 0 Å². The van der Waals surface area contributed by atoms with E-state index in [-0.39, 0.29) is 11.4 Å². The van der Waals surface area contributed by atoms with Crippen LogP contribution in [0.1, 0.15) is 20.3 Å². The number of sulfonamides is 1. The minimum atomic E-state index is -3.50. The molecule has 0 aliphatic carbocycles. The molecule has 1 saturated heterocycles. The van der Waals surface area contributed by atoms with Crippen molar-refractivity contribution >= 4 is 10.0 Å². The third-order valence-electron chi connectivity index (χ3n) is 3.17. The summed E-state index contributed by atoms with van der Waals surface area (Å²) >= 11 is 0. The first kappa shape index (κ1) is 15.3. The van der Waals surface area contributed by atoms with Crippen LogP contribution in [0.2, 0.25) is 0 Å². The minimum absolute atomic E-state index is 0.175. The molecule has 112 valence electrons. The Morgan fingerprint density at radius 1 is 1.35 bits per heavy atom. The van der Waals surface area contributed by atoms with E-state index in [1.807, 2.05) is 0 Å². The predicted molar refractivity (Wildman–Crippen MR) is 76.2 cm³/mol. The number of aliphatic hydroxyl groups excluding tert-OH is 1. The van der Waals surface area contributed by atoms with Crippen LogP contribution in [0.3, 0.4) is 0 Å². The largest absolute Gasteiger partial charge is 0.493 e. The minimum Gasteiger partial charge on any atom is -0.493 e. The second-order valence-corrected chi connectivity index (χ2v) is 7.42. The molecule has 1 aromatic rings. The Balaban J connectivity index is 2.09. The van der Waals surface area contributed by atoms with Crippen molar-refractivity contribution in [1.29, 1.82) is 0 Å². The zero-order valence-corrected chi connectivity index (χ0v) is 12.6. The number of hydrogen-bond acceptors (Lipinski definition) is 4. The van der Waals surface area contributed by atoms with Gasteiger partial charge in [-0.25, -0.2) is 8.42 Å². The molecular formula is C14H21NO4S. The summed E-state index contributed by atoms with van der Waals surface area (Å²) in [7, 11) is -3.50. The molecule has 0 saturated carbocycles. The molecule has 1 atom stereocenters. The first-order valence-corrected chi connectivity index (χ1v) is 8.24. The van der Waals surface area contributed by atoms with Gasteiger partial charge in [0.1, 0.15) is 5.75 Å². The Morgan fingerprint density at radius 2 is 2.00 bits per heavy atom. The van der Waals surface area contributed by atoms with Gasteiger partial charge in [0.25, 0.3) is 0 Å². The lowest BCUT2D eigenvalue weighted by atomic mass is 10.2. The van der Waals surface area contributed by atoms with E-state index in [1.54, 1.807) is 24.3 Å². The van der Waals surface area contributed by atoms with E-state index in [1.165, 1.54) is 4.31 Å². The van der Waals surface area contributed by atoms with Crippen molar-refractivity contribution in [3.63, 3.8) is 0 Å². The zero-order valence-electron chi connectivity index (χ0n) is 11.8. The maximum Gasteiger partial charge on any atom is 0.243 e. The fourth-order valence-electron chi connectivity index (χ4n) is 2.05. The number of hydrogen-bond donors (Lipinski definition) is 1. The van der Waals surface area contributed by atoms with Crippen molar-refractivity contribution in [3.05, 3.63) is 24.3 Å². The number of ether oxygens (including phenoxy) is 1. The molecule has 1 aromatic carbocycles. The van der Waals surface area contributed by atoms with Crippen LogP contribution in [0.25, 0.3) is 0 Å². The van der Waals surface area contributed by atoms with Gasteiger partial charge in [0.2, 0.25) is 10.0 Å². The molecule has 1 aliphatic rings. The van der Waals surface area contributed by atoms with Gasteiger partial charge in [0, 0.05) is 13.1 Å². The topological polar surface area (TPSA) is 66.8 Å². The Labute approximate surface area is 120 Å². The molecule has 2 rings (SSSR count). The summed E-state index contributed by atoms with van der Waals surface area (Å²) in [5.74, 6) is 1.09. The number of nitrogens with zero attached hydrogens (tertiary/aromatic N) is 1. The Bertz CT molecular complexity index is 539. The molecule has 20 heavy (non-hydrogen) atoms. The van der Waals surface area contributed by atoms with Gasteiger partial charge in [0.05, 0.1) is 17.6 Å². The van der Waals surface area contributed by atoms with Crippen molar-refractivity contribution in [2.24, 2.45) is 5.92 Å². The van der Waals surface area contributed by atoms with Gasteiger partial charge >= 0.3 is 0 Å². The molecule has 1 heterocycles. The molecule has 6 heteroatoms. The highest BCUT2D eigenvalue weighted by atomic mass is 32.2. The summed E-state index contributed by atoms with van der Waals surface area (Å²) < 4.78 is 31.5. The summed E-state index contributed by atoms with van der Waals surface area (Å²) in [5.41, 5.74) is 0. The van der Waals surface area contributed by atoms with E-state index in [0.29, 0.717) is 31.2 Å². The monoisotopic (exact) mass is 299 g/mol. The van der Waals surface area contributed by atoms with Crippen molar-refractivity contribution in [1.82, 2.24) is 4.31 Å². The fraction of sp³-hybridized carbons (Fsp3) is 0.571. The molecular weight excluding hydrogens is 278 g/mol. The molecule has 1 aliphatic heterocycles. The van der Waals surface area contributed by atoms with Crippen molar-refractivity contribution in [3.8, 4) is 5.75 Å². The van der Waals surface area contributed by atoms with Crippen LogP contribution in [0.4, 0.5) is 0 Å². The highest BCUT2D eigenvalue weighted by molar-refractivity contribution is 7.89. The normalized spacial score (nSPS) is 20.5. The third-order valence-corrected chi connectivity index (χ3v) is 5.05. The number of aliphatic hydroxyl groups is 1. The van der Waals surface area contributed by atoms with Crippen molar-refractivity contribution in [2.75, 3.05) is 19.7 Å². The first-order chi connectivity index (χ1) is 9.39. The maximum atomic E-state index is 12.3. The number of rotatable bonds is 5. The second-order valence-electron chi connectivity index (χ2n) is 5.48. The van der Waals surface area contributed by atoms with Crippen LogP contribution in [0.5, 0.6) is 5.75 Å². The molecule has 0 amide bonds. The SMILES string of the molecule is CC(C)COc1ccc(S(=O)(=O)N2CC[C@@H](O)C2)cc1. The number of β-amino-alcohol motifs (C(OH)–C–C–N with tert-alkyl or cyclic N) is 1. The lowest BCUT2D eigenvalue weighted by Gasteiger charge is -2.16. The second kappa shape index (κ2) is 6.11. The molecule has 1 N–H and O–H groups in total. The fourth-order valence-corrected chi connectivity index (χ4v) is 3.54. The summed E-state index contributed by atoms with van der Waals surface area (Å²) in [6.07, 6.45) is -0.0622. The van der Waals surface area contributed by atoms with E-state index >= 15 is 0 Å². The molecule has 5 nitrogen and oxygen atoms in total. The molecule has 0 bridgehead atoms. The van der Waals surface area contributed by atoms with Crippen molar-refractivity contribution in [2.45, 2.75) is 31.3 Å². The van der Waals surface area contributed by atoms with Gasteiger partial charge < -0.3 is 9.84 Å². The highest BCUT2D eigenvalue weighted by Gasteiger charge is 2.31. The number of benzene rings is 1. The van der Waals surface area contributed by atoms with E-state index in [4.69, 9.17) is 4.74 Å².